The van der Waals surface area contributed by atoms with Gasteiger partial charge in [0, 0.05) is 12.1 Å². The molecule has 0 spiro atoms. The van der Waals surface area contributed by atoms with Crippen LogP contribution in [-0.4, -0.2) is 29.2 Å². The Kier molecular flexibility index (Phi) is 6.18. The normalized spacial score (nSPS) is 12.7. The lowest BCUT2D eigenvalue weighted by Crippen LogP contribution is -2.50. The van der Waals surface area contributed by atoms with Crippen LogP contribution >= 0.6 is 0 Å². The third kappa shape index (κ3) is 5.28. The van der Waals surface area contributed by atoms with Crippen molar-refractivity contribution in [2.45, 2.75) is 79.9 Å². The molecule has 0 aliphatic heterocycles. The van der Waals surface area contributed by atoms with E-state index in [2.05, 4.69) is 34.6 Å². The summed E-state index contributed by atoms with van der Waals surface area (Å²) in [5.41, 5.74) is 0.0509. The highest BCUT2D eigenvalue weighted by molar-refractivity contribution is 5.68. The first-order chi connectivity index (χ1) is 8.05. The number of carbonyl (C=O) groups excluding carboxylic acids is 1. The van der Waals surface area contributed by atoms with Crippen LogP contribution in [0, 0.1) is 5.41 Å². The average molecular weight is 257 g/mol. The van der Waals surface area contributed by atoms with Gasteiger partial charge < -0.3 is 9.64 Å². The van der Waals surface area contributed by atoms with Gasteiger partial charge >= 0.3 is 6.09 Å². The Morgan fingerprint density at radius 2 is 1.67 bits per heavy atom. The van der Waals surface area contributed by atoms with Gasteiger partial charge in [0.25, 0.3) is 0 Å². The summed E-state index contributed by atoms with van der Waals surface area (Å²) in [6.45, 7) is 17.4. The molecular formula is C15H31NO2. The number of hydrogen-bond acceptors (Lipinski definition) is 2. The fourth-order valence-corrected chi connectivity index (χ4v) is 2.46. The summed E-state index contributed by atoms with van der Waals surface area (Å²) in [7, 11) is 0. The third-order valence-electron chi connectivity index (χ3n) is 3.47. The summed E-state index contributed by atoms with van der Waals surface area (Å²) in [5, 5.41) is 0. The summed E-state index contributed by atoms with van der Waals surface area (Å²) < 4.78 is 5.32. The van der Waals surface area contributed by atoms with Gasteiger partial charge in [-0.05, 0) is 46.5 Å². The molecule has 3 nitrogen and oxygen atoms in total. The molecule has 0 aromatic heterocycles. The largest absolute Gasteiger partial charge is 0.447 e. The monoisotopic (exact) mass is 257 g/mol. The number of ether oxygens (including phenoxy) is 1. The first-order valence-corrected chi connectivity index (χ1v) is 7.04. The van der Waals surface area contributed by atoms with Gasteiger partial charge in [-0.3, -0.25) is 0 Å². The van der Waals surface area contributed by atoms with E-state index in [-0.39, 0.29) is 23.2 Å². The molecule has 0 fully saturated rings. The Morgan fingerprint density at radius 3 is 2.00 bits per heavy atom. The number of hydrogen-bond donors (Lipinski definition) is 0. The molecule has 0 rings (SSSR count). The SMILES string of the molecule is CCN(C(=O)OC(C)C)C(C)(C)CC(C)(C)CC. The van der Waals surface area contributed by atoms with Crippen molar-refractivity contribution >= 4 is 6.09 Å². The van der Waals surface area contributed by atoms with Gasteiger partial charge in [-0.2, -0.15) is 0 Å². The Morgan fingerprint density at radius 1 is 1.17 bits per heavy atom. The van der Waals surface area contributed by atoms with Crippen LogP contribution in [0.1, 0.15) is 68.2 Å². The zero-order valence-electron chi connectivity index (χ0n) is 13.5. The average Bonchev–Trinajstić information content (AvgIpc) is 2.15. The van der Waals surface area contributed by atoms with E-state index in [0.29, 0.717) is 6.54 Å². The van der Waals surface area contributed by atoms with Crippen LogP contribution in [0.4, 0.5) is 4.79 Å². The smallest absolute Gasteiger partial charge is 0.410 e. The highest BCUT2D eigenvalue weighted by atomic mass is 16.6. The van der Waals surface area contributed by atoms with Crippen LogP contribution in [0.5, 0.6) is 0 Å². The van der Waals surface area contributed by atoms with E-state index in [0.717, 1.165) is 12.8 Å². The molecule has 0 aromatic rings. The Labute approximate surface area is 113 Å². The lowest BCUT2D eigenvalue weighted by molar-refractivity contribution is 0.0301. The molecule has 0 saturated heterocycles. The van der Waals surface area contributed by atoms with Crippen LogP contribution in [-0.2, 0) is 4.74 Å². The second-order valence-corrected chi connectivity index (χ2v) is 6.68. The number of amides is 1. The van der Waals surface area contributed by atoms with E-state index < -0.39 is 0 Å². The number of carbonyl (C=O) groups is 1. The highest BCUT2D eigenvalue weighted by Crippen LogP contribution is 2.34. The second-order valence-electron chi connectivity index (χ2n) is 6.68. The van der Waals surface area contributed by atoms with Crippen LogP contribution in [0.25, 0.3) is 0 Å². The van der Waals surface area contributed by atoms with Gasteiger partial charge in [0.2, 0.25) is 0 Å². The lowest BCUT2D eigenvalue weighted by Gasteiger charge is -2.42. The standard InChI is InChI=1S/C15H31NO2/c1-9-14(5,6)11-15(7,8)16(10-2)13(17)18-12(3)4/h12H,9-11H2,1-8H3. The van der Waals surface area contributed by atoms with E-state index in [9.17, 15) is 4.79 Å². The van der Waals surface area contributed by atoms with E-state index in [1.807, 2.05) is 25.7 Å². The summed E-state index contributed by atoms with van der Waals surface area (Å²) in [6.07, 6.45) is 1.80. The first-order valence-electron chi connectivity index (χ1n) is 7.04. The highest BCUT2D eigenvalue weighted by Gasteiger charge is 2.35. The molecule has 0 heterocycles. The fraction of sp³-hybridized carbons (Fsp3) is 0.933. The molecular weight excluding hydrogens is 226 g/mol. The zero-order chi connectivity index (χ0) is 14.6. The summed E-state index contributed by atoms with van der Waals surface area (Å²) in [6, 6.07) is 0. The molecule has 1 amide bonds. The minimum atomic E-state index is -0.204. The number of rotatable bonds is 6. The van der Waals surface area contributed by atoms with Gasteiger partial charge in [-0.25, -0.2) is 4.79 Å². The van der Waals surface area contributed by atoms with Crippen molar-refractivity contribution in [1.29, 1.82) is 0 Å². The first kappa shape index (κ1) is 17.3. The van der Waals surface area contributed by atoms with E-state index in [4.69, 9.17) is 4.74 Å². The van der Waals surface area contributed by atoms with E-state index >= 15 is 0 Å². The zero-order valence-corrected chi connectivity index (χ0v) is 13.5. The maximum atomic E-state index is 12.1. The Bertz CT molecular complexity index is 270. The van der Waals surface area contributed by atoms with E-state index in [1.165, 1.54) is 0 Å². The van der Waals surface area contributed by atoms with Crippen molar-refractivity contribution in [1.82, 2.24) is 4.90 Å². The third-order valence-corrected chi connectivity index (χ3v) is 3.47. The lowest BCUT2D eigenvalue weighted by atomic mass is 9.77. The molecule has 0 N–H and O–H groups in total. The van der Waals surface area contributed by atoms with Crippen LogP contribution in [0.15, 0.2) is 0 Å². The molecule has 108 valence electrons. The number of nitrogens with zero attached hydrogens (tertiary/aromatic N) is 1. The predicted octanol–water partition coefficient (Wildman–Crippen LogP) is 4.46. The van der Waals surface area contributed by atoms with E-state index in [1.54, 1.807) is 0 Å². The van der Waals surface area contributed by atoms with Crippen LogP contribution in [0.3, 0.4) is 0 Å². The van der Waals surface area contributed by atoms with Gasteiger partial charge in [0.15, 0.2) is 0 Å². The van der Waals surface area contributed by atoms with Crippen LogP contribution in [0.2, 0.25) is 0 Å². The molecule has 0 bridgehead atoms. The minimum absolute atomic E-state index is 0.0680. The Balaban J connectivity index is 4.86. The van der Waals surface area contributed by atoms with Gasteiger partial charge in [-0.1, -0.05) is 27.2 Å². The second kappa shape index (κ2) is 6.44. The molecule has 0 saturated carbocycles. The molecule has 0 aromatic carbocycles. The summed E-state index contributed by atoms with van der Waals surface area (Å²) >= 11 is 0. The van der Waals surface area contributed by atoms with Crippen molar-refractivity contribution in [3.63, 3.8) is 0 Å². The summed E-state index contributed by atoms with van der Waals surface area (Å²) in [5.74, 6) is 0. The van der Waals surface area contributed by atoms with Gasteiger partial charge in [0.1, 0.15) is 0 Å². The van der Waals surface area contributed by atoms with Crippen molar-refractivity contribution < 1.29 is 9.53 Å². The van der Waals surface area contributed by atoms with Crippen LogP contribution < -0.4 is 0 Å². The quantitative estimate of drug-likeness (QED) is 0.703. The molecule has 0 atom stereocenters. The summed E-state index contributed by atoms with van der Waals surface area (Å²) in [4.78, 5) is 13.9. The van der Waals surface area contributed by atoms with Crippen molar-refractivity contribution in [2.75, 3.05) is 6.54 Å². The van der Waals surface area contributed by atoms with Crippen molar-refractivity contribution in [2.24, 2.45) is 5.41 Å². The maximum Gasteiger partial charge on any atom is 0.410 e. The van der Waals surface area contributed by atoms with Crippen molar-refractivity contribution in [3.8, 4) is 0 Å². The molecule has 0 radical (unpaired) electrons. The topological polar surface area (TPSA) is 29.5 Å². The maximum absolute atomic E-state index is 12.1. The molecule has 3 heteroatoms. The van der Waals surface area contributed by atoms with Crippen molar-refractivity contribution in [3.05, 3.63) is 0 Å². The predicted molar refractivity (Wildman–Crippen MR) is 76.8 cm³/mol. The Hall–Kier alpha value is -0.730. The minimum Gasteiger partial charge on any atom is -0.447 e. The molecule has 18 heavy (non-hydrogen) atoms. The fourth-order valence-electron chi connectivity index (χ4n) is 2.46. The molecule has 0 aliphatic carbocycles. The van der Waals surface area contributed by atoms with Gasteiger partial charge in [0.05, 0.1) is 6.10 Å². The molecule has 0 aliphatic rings. The van der Waals surface area contributed by atoms with Gasteiger partial charge in [-0.15, -0.1) is 0 Å². The molecule has 0 unspecified atom stereocenters.